The summed E-state index contributed by atoms with van der Waals surface area (Å²) in [5.74, 6) is -1.13. The largest absolute Gasteiger partial charge is 0.355 e. The van der Waals surface area contributed by atoms with Crippen LogP contribution in [0.15, 0.2) is 24.3 Å². The molecule has 1 atom stereocenters. The van der Waals surface area contributed by atoms with Gasteiger partial charge in [-0.2, -0.15) is 5.26 Å². The molecule has 0 fully saturated rings. The van der Waals surface area contributed by atoms with Crippen molar-refractivity contribution >= 4 is 5.91 Å². The van der Waals surface area contributed by atoms with E-state index in [1.807, 2.05) is 6.07 Å². The molecule has 1 rings (SSSR count). The van der Waals surface area contributed by atoms with Crippen molar-refractivity contribution in [3.63, 3.8) is 0 Å². The van der Waals surface area contributed by atoms with Crippen LogP contribution in [0.2, 0.25) is 0 Å². The molecule has 0 aliphatic heterocycles. The molecule has 0 radical (unpaired) electrons. The summed E-state index contributed by atoms with van der Waals surface area (Å²) in [6, 6.07) is 8.19. The Labute approximate surface area is 100 Å². The average Bonchev–Trinajstić information content (AvgIpc) is 2.30. The fourth-order valence-electron chi connectivity index (χ4n) is 1.48. The number of amides is 1. The second kappa shape index (κ2) is 6.64. The van der Waals surface area contributed by atoms with E-state index < -0.39 is 5.92 Å². The van der Waals surface area contributed by atoms with Crippen LogP contribution in [0.3, 0.4) is 0 Å². The molecule has 0 spiro atoms. The van der Waals surface area contributed by atoms with E-state index in [2.05, 4.69) is 5.32 Å². The molecule has 1 unspecified atom stereocenters. The number of nitriles is 1. The summed E-state index contributed by atoms with van der Waals surface area (Å²) in [7, 11) is 0. The Kier molecular flexibility index (Phi) is 5.15. The molecular formula is C13H15FN2O. The van der Waals surface area contributed by atoms with Gasteiger partial charge in [-0.3, -0.25) is 4.79 Å². The number of carbonyl (C=O) groups is 1. The van der Waals surface area contributed by atoms with Crippen LogP contribution in [-0.4, -0.2) is 12.5 Å². The van der Waals surface area contributed by atoms with E-state index in [1.54, 1.807) is 19.1 Å². The third kappa shape index (κ3) is 4.23. The summed E-state index contributed by atoms with van der Waals surface area (Å²) in [5, 5.41) is 11.4. The SMILES string of the molecule is CCC(C#N)C(=O)NCCc1cccc(F)c1. The number of rotatable bonds is 5. The van der Waals surface area contributed by atoms with Crippen LogP contribution in [-0.2, 0) is 11.2 Å². The molecule has 17 heavy (non-hydrogen) atoms. The Morgan fingerprint density at radius 1 is 1.59 bits per heavy atom. The Morgan fingerprint density at radius 2 is 2.35 bits per heavy atom. The number of nitrogens with one attached hydrogen (secondary N) is 1. The first-order chi connectivity index (χ1) is 8.17. The van der Waals surface area contributed by atoms with Crippen LogP contribution in [0.5, 0.6) is 0 Å². The minimum Gasteiger partial charge on any atom is -0.355 e. The highest BCUT2D eigenvalue weighted by molar-refractivity contribution is 5.80. The number of nitrogens with zero attached hydrogens (tertiary/aromatic N) is 1. The zero-order chi connectivity index (χ0) is 12.7. The van der Waals surface area contributed by atoms with Gasteiger partial charge in [-0.25, -0.2) is 4.39 Å². The molecular weight excluding hydrogens is 219 g/mol. The van der Waals surface area contributed by atoms with Crippen molar-refractivity contribution in [2.45, 2.75) is 19.8 Å². The summed E-state index contributed by atoms with van der Waals surface area (Å²) in [6.07, 6.45) is 1.06. The van der Waals surface area contributed by atoms with Gasteiger partial charge in [-0.05, 0) is 30.5 Å². The molecule has 0 bridgehead atoms. The number of hydrogen-bond acceptors (Lipinski definition) is 2. The standard InChI is InChI=1S/C13H15FN2O/c1-2-11(9-15)13(17)16-7-6-10-4-3-5-12(14)8-10/h3-5,8,11H,2,6-7H2,1H3,(H,16,17). The topological polar surface area (TPSA) is 52.9 Å². The highest BCUT2D eigenvalue weighted by Crippen LogP contribution is 2.04. The molecule has 1 aromatic rings. The van der Waals surface area contributed by atoms with Gasteiger partial charge in [-0.1, -0.05) is 19.1 Å². The first-order valence-electron chi connectivity index (χ1n) is 5.59. The molecule has 3 nitrogen and oxygen atoms in total. The lowest BCUT2D eigenvalue weighted by atomic mass is 10.1. The molecule has 90 valence electrons. The van der Waals surface area contributed by atoms with Gasteiger partial charge in [0, 0.05) is 6.54 Å². The van der Waals surface area contributed by atoms with Gasteiger partial charge in [-0.15, -0.1) is 0 Å². The van der Waals surface area contributed by atoms with Gasteiger partial charge in [0.2, 0.25) is 5.91 Å². The first-order valence-corrected chi connectivity index (χ1v) is 5.59. The van der Waals surface area contributed by atoms with Gasteiger partial charge in [0.1, 0.15) is 11.7 Å². The maximum atomic E-state index is 12.9. The van der Waals surface area contributed by atoms with Crippen LogP contribution < -0.4 is 5.32 Å². The highest BCUT2D eigenvalue weighted by Gasteiger charge is 2.14. The summed E-state index contributed by atoms with van der Waals surface area (Å²) in [4.78, 5) is 11.5. The molecule has 0 aliphatic rings. The van der Waals surface area contributed by atoms with Crippen molar-refractivity contribution < 1.29 is 9.18 Å². The van der Waals surface area contributed by atoms with Crippen molar-refractivity contribution in [1.82, 2.24) is 5.32 Å². The van der Waals surface area contributed by atoms with Crippen molar-refractivity contribution in [3.05, 3.63) is 35.6 Å². The Hall–Kier alpha value is -1.89. The molecule has 4 heteroatoms. The van der Waals surface area contributed by atoms with E-state index in [-0.39, 0.29) is 11.7 Å². The summed E-state index contributed by atoms with van der Waals surface area (Å²) < 4.78 is 12.9. The fourth-order valence-corrected chi connectivity index (χ4v) is 1.48. The minimum atomic E-state index is -0.595. The molecule has 1 N–H and O–H groups in total. The Morgan fingerprint density at radius 3 is 2.94 bits per heavy atom. The number of benzene rings is 1. The smallest absolute Gasteiger partial charge is 0.237 e. The third-order valence-corrected chi connectivity index (χ3v) is 2.48. The fraction of sp³-hybridized carbons (Fsp3) is 0.385. The van der Waals surface area contributed by atoms with Gasteiger partial charge in [0.05, 0.1) is 6.07 Å². The second-order valence-electron chi connectivity index (χ2n) is 3.76. The normalized spacial score (nSPS) is 11.6. The maximum absolute atomic E-state index is 12.9. The lowest BCUT2D eigenvalue weighted by Gasteiger charge is -2.08. The van der Waals surface area contributed by atoms with Gasteiger partial charge < -0.3 is 5.32 Å². The number of carbonyl (C=O) groups excluding carboxylic acids is 1. The summed E-state index contributed by atoms with van der Waals surface area (Å²) >= 11 is 0. The van der Waals surface area contributed by atoms with Crippen LogP contribution in [0.4, 0.5) is 4.39 Å². The van der Waals surface area contributed by atoms with Crippen LogP contribution in [0.25, 0.3) is 0 Å². The molecule has 0 saturated carbocycles. The predicted octanol–water partition coefficient (Wildman–Crippen LogP) is 2.03. The molecule has 1 aromatic carbocycles. The molecule has 0 aliphatic carbocycles. The maximum Gasteiger partial charge on any atom is 0.237 e. The lowest BCUT2D eigenvalue weighted by molar-refractivity contribution is -0.123. The monoisotopic (exact) mass is 234 g/mol. The Balaban J connectivity index is 2.38. The third-order valence-electron chi connectivity index (χ3n) is 2.48. The van der Waals surface area contributed by atoms with Gasteiger partial charge >= 0.3 is 0 Å². The quantitative estimate of drug-likeness (QED) is 0.847. The molecule has 0 aromatic heterocycles. The highest BCUT2D eigenvalue weighted by atomic mass is 19.1. The van der Waals surface area contributed by atoms with Gasteiger partial charge in [0.15, 0.2) is 0 Å². The van der Waals surface area contributed by atoms with E-state index in [0.717, 1.165) is 5.56 Å². The molecule has 0 heterocycles. The van der Waals surface area contributed by atoms with Crippen molar-refractivity contribution in [2.75, 3.05) is 6.54 Å². The Bertz CT molecular complexity index is 426. The zero-order valence-electron chi connectivity index (χ0n) is 9.74. The summed E-state index contributed by atoms with van der Waals surface area (Å²) in [5.41, 5.74) is 0.829. The van der Waals surface area contributed by atoms with Crippen molar-refractivity contribution in [3.8, 4) is 6.07 Å². The van der Waals surface area contributed by atoms with Gasteiger partial charge in [0.25, 0.3) is 0 Å². The number of halogens is 1. The van der Waals surface area contributed by atoms with E-state index in [9.17, 15) is 9.18 Å². The predicted molar refractivity (Wildman–Crippen MR) is 62.5 cm³/mol. The minimum absolute atomic E-state index is 0.258. The van der Waals surface area contributed by atoms with E-state index in [4.69, 9.17) is 5.26 Å². The number of hydrogen-bond donors (Lipinski definition) is 1. The van der Waals surface area contributed by atoms with Crippen LogP contribution >= 0.6 is 0 Å². The summed E-state index contributed by atoms with van der Waals surface area (Å²) in [6.45, 7) is 2.21. The van der Waals surface area contributed by atoms with Crippen LogP contribution in [0.1, 0.15) is 18.9 Å². The van der Waals surface area contributed by atoms with E-state index in [0.29, 0.717) is 19.4 Å². The second-order valence-corrected chi connectivity index (χ2v) is 3.76. The average molecular weight is 234 g/mol. The zero-order valence-corrected chi connectivity index (χ0v) is 9.74. The molecule has 0 saturated heterocycles. The molecule has 1 amide bonds. The van der Waals surface area contributed by atoms with Crippen molar-refractivity contribution in [1.29, 1.82) is 5.26 Å². The van der Waals surface area contributed by atoms with E-state index >= 15 is 0 Å². The van der Waals surface area contributed by atoms with Crippen molar-refractivity contribution in [2.24, 2.45) is 5.92 Å². The first kappa shape index (κ1) is 13.2. The van der Waals surface area contributed by atoms with E-state index in [1.165, 1.54) is 12.1 Å². The van der Waals surface area contributed by atoms with Crippen LogP contribution in [0, 0.1) is 23.1 Å². The lowest BCUT2D eigenvalue weighted by Crippen LogP contribution is -2.31.